The van der Waals surface area contributed by atoms with Gasteiger partial charge in [0.05, 0.1) is 22.9 Å². The molecule has 0 saturated heterocycles. The Morgan fingerprint density at radius 3 is 2.47 bits per heavy atom. The number of halogens is 2. The lowest BCUT2D eigenvalue weighted by molar-refractivity contribution is 0.102. The molecule has 0 atom stereocenters. The summed E-state index contributed by atoms with van der Waals surface area (Å²) in [6.07, 6.45) is 1.64. The van der Waals surface area contributed by atoms with E-state index in [4.69, 9.17) is 28.3 Å². The first kappa shape index (κ1) is 22.3. The van der Waals surface area contributed by atoms with Crippen molar-refractivity contribution < 1.29 is 18.3 Å². The largest absolute Gasteiger partial charge is 0.395 e. The molecule has 0 spiro atoms. The lowest BCUT2D eigenvalue weighted by Crippen LogP contribution is -2.14. The summed E-state index contributed by atoms with van der Waals surface area (Å²) < 4.78 is 24.7. The van der Waals surface area contributed by atoms with Crippen LogP contribution in [0.2, 0.25) is 10.0 Å². The highest BCUT2D eigenvalue weighted by Gasteiger charge is 2.21. The molecule has 0 saturated carbocycles. The first-order chi connectivity index (χ1) is 14.1. The molecule has 2 aromatic carbocycles. The maximum absolute atomic E-state index is 12.9. The summed E-state index contributed by atoms with van der Waals surface area (Å²) in [6, 6.07) is 11.2. The minimum Gasteiger partial charge on any atom is -0.395 e. The van der Waals surface area contributed by atoms with Crippen molar-refractivity contribution >= 4 is 44.8 Å². The van der Waals surface area contributed by atoms with Crippen LogP contribution in [0.4, 0.5) is 5.69 Å². The van der Waals surface area contributed by atoms with Gasteiger partial charge in [-0.3, -0.25) is 4.79 Å². The quantitative estimate of drug-likeness (QED) is 0.512. The van der Waals surface area contributed by atoms with Gasteiger partial charge in [-0.05, 0) is 36.8 Å². The van der Waals surface area contributed by atoms with E-state index in [2.05, 4.69) is 5.32 Å². The zero-order chi connectivity index (χ0) is 22.1. The number of aliphatic hydroxyl groups excluding tert-OH is 1. The fourth-order valence-electron chi connectivity index (χ4n) is 3.19. The maximum atomic E-state index is 12.9. The van der Waals surface area contributed by atoms with Gasteiger partial charge in [0.25, 0.3) is 5.91 Å². The van der Waals surface area contributed by atoms with Crippen molar-refractivity contribution in [2.24, 2.45) is 5.14 Å². The second kappa shape index (κ2) is 8.79. The Morgan fingerprint density at radius 2 is 1.87 bits per heavy atom. The summed E-state index contributed by atoms with van der Waals surface area (Å²) in [4.78, 5) is 12.7. The molecule has 1 aromatic heterocycles. The number of benzene rings is 2. The SMILES string of the molecule is Cc1c(C(=O)Nc2ccc(S(N)(=O)=O)c(Cl)c2)cn(CCO)c1-c1ccccc1Cl. The van der Waals surface area contributed by atoms with E-state index < -0.39 is 15.9 Å². The van der Waals surface area contributed by atoms with Gasteiger partial charge < -0.3 is 15.0 Å². The minimum absolute atomic E-state index is 0.0957. The molecule has 0 fully saturated rings. The Morgan fingerprint density at radius 1 is 1.17 bits per heavy atom. The molecule has 0 bridgehead atoms. The molecule has 10 heteroatoms. The Hall–Kier alpha value is -2.36. The number of aromatic nitrogens is 1. The number of hydrogen-bond donors (Lipinski definition) is 3. The number of carbonyl (C=O) groups excluding carboxylic acids is 1. The molecule has 4 N–H and O–H groups in total. The molecule has 0 aliphatic heterocycles. The molecule has 0 unspecified atom stereocenters. The van der Waals surface area contributed by atoms with Crippen LogP contribution >= 0.6 is 23.2 Å². The number of nitrogens with zero attached hydrogens (tertiary/aromatic N) is 1. The van der Waals surface area contributed by atoms with E-state index in [9.17, 15) is 18.3 Å². The van der Waals surface area contributed by atoms with Crippen molar-refractivity contribution in [2.75, 3.05) is 11.9 Å². The highest BCUT2D eigenvalue weighted by molar-refractivity contribution is 7.89. The number of primary sulfonamides is 1. The normalized spacial score (nSPS) is 11.5. The number of amides is 1. The predicted octanol–water partition coefficient (Wildman–Crippen LogP) is 3.66. The highest BCUT2D eigenvalue weighted by atomic mass is 35.5. The lowest BCUT2D eigenvalue weighted by Gasteiger charge is -2.10. The second-order valence-corrected chi connectivity index (χ2v) is 8.90. The number of hydrogen-bond acceptors (Lipinski definition) is 4. The van der Waals surface area contributed by atoms with Crippen LogP contribution in [0.3, 0.4) is 0 Å². The average Bonchev–Trinajstić information content (AvgIpc) is 2.98. The van der Waals surface area contributed by atoms with Gasteiger partial charge in [-0.1, -0.05) is 41.4 Å². The van der Waals surface area contributed by atoms with Crippen molar-refractivity contribution in [3.63, 3.8) is 0 Å². The van der Waals surface area contributed by atoms with Crippen molar-refractivity contribution in [3.8, 4) is 11.3 Å². The van der Waals surface area contributed by atoms with Crippen LogP contribution in [-0.2, 0) is 16.6 Å². The summed E-state index contributed by atoms with van der Waals surface area (Å²) in [5, 5.41) is 17.7. The zero-order valence-electron chi connectivity index (χ0n) is 15.9. The first-order valence-electron chi connectivity index (χ1n) is 8.82. The Balaban J connectivity index is 1.98. The van der Waals surface area contributed by atoms with E-state index in [1.807, 2.05) is 18.2 Å². The standard InChI is InChI=1S/C20H19Cl2N3O4S/c1-12-15(11-25(8-9-26)19(12)14-4-2-3-5-16(14)21)20(27)24-13-6-7-18(17(22)10-13)30(23,28)29/h2-7,10-11,26H,8-9H2,1H3,(H,24,27)(H2,23,28,29). The van der Waals surface area contributed by atoms with Crippen LogP contribution < -0.4 is 10.5 Å². The molecule has 1 amide bonds. The summed E-state index contributed by atoms with van der Waals surface area (Å²) in [5.41, 5.74) is 2.84. The molecule has 7 nitrogen and oxygen atoms in total. The van der Waals surface area contributed by atoms with E-state index in [1.54, 1.807) is 23.8 Å². The second-order valence-electron chi connectivity index (χ2n) is 6.56. The van der Waals surface area contributed by atoms with Crippen LogP contribution in [0.25, 0.3) is 11.3 Å². The van der Waals surface area contributed by atoms with Gasteiger partial charge in [0.1, 0.15) is 4.90 Å². The van der Waals surface area contributed by atoms with E-state index in [0.29, 0.717) is 21.8 Å². The topological polar surface area (TPSA) is 114 Å². The van der Waals surface area contributed by atoms with Gasteiger partial charge in [0.2, 0.25) is 10.0 Å². The van der Waals surface area contributed by atoms with Crippen molar-refractivity contribution in [1.29, 1.82) is 0 Å². The molecular formula is C20H19Cl2N3O4S. The van der Waals surface area contributed by atoms with Crippen molar-refractivity contribution in [1.82, 2.24) is 4.57 Å². The number of anilines is 1. The van der Waals surface area contributed by atoms with Gasteiger partial charge in [-0.25, -0.2) is 13.6 Å². The fourth-order valence-corrected chi connectivity index (χ4v) is 4.51. The van der Waals surface area contributed by atoms with Crippen LogP contribution in [0, 0.1) is 6.92 Å². The Labute approximate surface area is 184 Å². The predicted molar refractivity (Wildman–Crippen MR) is 117 cm³/mol. The molecule has 3 aromatic rings. The molecule has 0 radical (unpaired) electrons. The molecule has 0 aliphatic carbocycles. The number of rotatable bonds is 6. The van der Waals surface area contributed by atoms with Crippen molar-refractivity contribution in [3.05, 3.63) is 69.8 Å². The molecule has 158 valence electrons. The molecule has 30 heavy (non-hydrogen) atoms. The number of aliphatic hydroxyl groups is 1. The zero-order valence-corrected chi connectivity index (χ0v) is 18.2. The van der Waals surface area contributed by atoms with Crippen molar-refractivity contribution in [2.45, 2.75) is 18.4 Å². The third-order valence-electron chi connectivity index (χ3n) is 4.54. The van der Waals surface area contributed by atoms with Gasteiger partial charge in [0.15, 0.2) is 0 Å². The number of nitrogens with two attached hydrogens (primary N) is 1. The first-order valence-corrected chi connectivity index (χ1v) is 11.1. The van der Waals surface area contributed by atoms with Crippen LogP contribution in [0.15, 0.2) is 53.6 Å². The summed E-state index contributed by atoms with van der Waals surface area (Å²) in [7, 11) is -3.97. The van der Waals surface area contributed by atoms with E-state index in [1.165, 1.54) is 18.2 Å². The number of nitrogens with one attached hydrogen (secondary N) is 1. The summed E-state index contributed by atoms with van der Waals surface area (Å²) in [5.74, 6) is -0.420. The molecule has 1 heterocycles. The Kier molecular flexibility index (Phi) is 6.54. The molecule has 0 aliphatic rings. The monoisotopic (exact) mass is 467 g/mol. The minimum atomic E-state index is -3.97. The van der Waals surface area contributed by atoms with Crippen LogP contribution in [-0.4, -0.2) is 30.6 Å². The van der Waals surface area contributed by atoms with E-state index in [-0.39, 0.29) is 23.1 Å². The number of sulfonamides is 1. The van der Waals surface area contributed by atoms with E-state index >= 15 is 0 Å². The van der Waals surface area contributed by atoms with Gasteiger partial charge >= 0.3 is 0 Å². The highest BCUT2D eigenvalue weighted by Crippen LogP contribution is 2.33. The van der Waals surface area contributed by atoms with Gasteiger partial charge in [-0.15, -0.1) is 0 Å². The maximum Gasteiger partial charge on any atom is 0.257 e. The third kappa shape index (κ3) is 4.53. The average molecular weight is 468 g/mol. The smallest absolute Gasteiger partial charge is 0.257 e. The van der Waals surface area contributed by atoms with Crippen LogP contribution in [0.1, 0.15) is 15.9 Å². The fraction of sp³-hybridized carbons (Fsp3) is 0.150. The summed E-state index contributed by atoms with van der Waals surface area (Å²) in [6.45, 7) is 1.96. The molecule has 3 rings (SSSR count). The Bertz CT molecular complexity index is 1220. The summed E-state index contributed by atoms with van der Waals surface area (Å²) >= 11 is 12.3. The third-order valence-corrected chi connectivity index (χ3v) is 6.27. The lowest BCUT2D eigenvalue weighted by atomic mass is 10.1. The van der Waals surface area contributed by atoms with Gasteiger partial charge in [0, 0.05) is 29.0 Å². The van der Waals surface area contributed by atoms with E-state index in [0.717, 1.165) is 11.3 Å². The number of carbonyl (C=O) groups is 1. The van der Waals surface area contributed by atoms with Gasteiger partial charge in [-0.2, -0.15) is 0 Å². The molecular weight excluding hydrogens is 449 g/mol. The van der Waals surface area contributed by atoms with Crippen LogP contribution in [0.5, 0.6) is 0 Å².